The smallest absolute Gasteiger partial charge is 0.255 e. The van der Waals surface area contributed by atoms with Crippen LogP contribution in [0.5, 0.6) is 0 Å². The van der Waals surface area contributed by atoms with Crippen molar-refractivity contribution >= 4 is 17.5 Å². The van der Waals surface area contributed by atoms with Gasteiger partial charge in [0, 0.05) is 19.5 Å². The van der Waals surface area contributed by atoms with Gasteiger partial charge in [-0.25, -0.2) is 4.39 Å². The number of amides is 2. The predicted molar refractivity (Wildman–Crippen MR) is 132 cm³/mol. The fourth-order valence-electron chi connectivity index (χ4n) is 5.79. The summed E-state index contributed by atoms with van der Waals surface area (Å²) in [5.41, 5.74) is 5.12. The maximum absolute atomic E-state index is 14.3. The van der Waals surface area contributed by atoms with Crippen LogP contribution in [0.1, 0.15) is 64.2 Å². The molecule has 1 aliphatic heterocycles. The van der Waals surface area contributed by atoms with Crippen molar-refractivity contribution in [3.63, 3.8) is 0 Å². The third kappa shape index (κ3) is 4.43. The lowest BCUT2D eigenvalue weighted by molar-refractivity contribution is -0.116. The summed E-state index contributed by atoms with van der Waals surface area (Å²) < 4.78 is 14.3. The SMILES string of the molecule is Cc1ccc2c(c1)C(CC(=O)Nc1c(C)cccc1F)CC21CCN(C(=O)c2ccnnc2)CC1. The number of aromatic nitrogens is 2. The van der Waals surface area contributed by atoms with Gasteiger partial charge in [0.15, 0.2) is 0 Å². The molecule has 2 heterocycles. The molecule has 1 spiro atoms. The quantitative estimate of drug-likeness (QED) is 0.585. The summed E-state index contributed by atoms with van der Waals surface area (Å²) in [5, 5.41) is 10.4. The van der Waals surface area contributed by atoms with E-state index in [9.17, 15) is 14.0 Å². The van der Waals surface area contributed by atoms with Gasteiger partial charge in [0.05, 0.1) is 23.6 Å². The molecule has 1 unspecified atom stereocenters. The Kier molecular flexibility index (Phi) is 6.09. The number of anilines is 1. The number of para-hydroxylation sites is 1. The molecule has 1 aliphatic carbocycles. The molecule has 2 aliphatic rings. The van der Waals surface area contributed by atoms with Crippen LogP contribution in [-0.2, 0) is 10.2 Å². The number of halogens is 1. The van der Waals surface area contributed by atoms with E-state index in [1.54, 1.807) is 25.1 Å². The molecule has 0 saturated carbocycles. The third-order valence-electron chi connectivity index (χ3n) is 7.61. The average Bonchev–Trinajstić information content (AvgIpc) is 3.13. The molecule has 2 aromatic carbocycles. The minimum atomic E-state index is -0.418. The zero-order chi connectivity index (χ0) is 24.6. The molecule has 1 fully saturated rings. The van der Waals surface area contributed by atoms with Crippen LogP contribution < -0.4 is 5.32 Å². The Morgan fingerprint density at radius 1 is 1.11 bits per heavy atom. The summed E-state index contributed by atoms with van der Waals surface area (Å²) in [6.07, 6.45) is 5.89. The van der Waals surface area contributed by atoms with Crippen LogP contribution in [0.15, 0.2) is 54.9 Å². The lowest BCUT2D eigenvalue weighted by atomic mass is 9.73. The molecule has 1 saturated heterocycles. The first-order valence-electron chi connectivity index (χ1n) is 12.1. The van der Waals surface area contributed by atoms with Crippen molar-refractivity contribution in [2.45, 2.75) is 50.9 Å². The number of nitrogens with zero attached hydrogens (tertiary/aromatic N) is 3. The minimum Gasteiger partial charge on any atom is -0.339 e. The molecule has 6 nitrogen and oxygen atoms in total. The topological polar surface area (TPSA) is 75.2 Å². The molecule has 5 rings (SSSR count). The number of likely N-dealkylation sites (tertiary alicyclic amines) is 1. The molecule has 7 heteroatoms. The molecule has 1 aromatic heterocycles. The van der Waals surface area contributed by atoms with E-state index >= 15 is 0 Å². The Morgan fingerprint density at radius 3 is 2.63 bits per heavy atom. The number of fused-ring (bicyclic) bond motifs is 2. The van der Waals surface area contributed by atoms with Crippen molar-refractivity contribution in [2.75, 3.05) is 18.4 Å². The van der Waals surface area contributed by atoms with Crippen LogP contribution in [0.25, 0.3) is 0 Å². The highest BCUT2D eigenvalue weighted by atomic mass is 19.1. The van der Waals surface area contributed by atoms with Gasteiger partial charge in [0.1, 0.15) is 5.82 Å². The van der Waals surface area contributed by atoms with Crippen LogP contribution in [0.4, 0.5) is 10.1 Å². The van der Waals surface area contributed by atoms with Gasteiger partial charge in [-0.1, -0.05) is 35.9 Å². The molecule has 1 atom stereocenters. The number of rotatable bonds is 4. The van der Waals surface area contributed by atoms with Crippen LogP contribution >= 0.6 is 0 Å². The molecular weight excluding hydrogens is 443 g/mol. The van der Waals surface area contributed by atoms with Crippen LogP contribution in [0, 0.1) is 19.7 Å². The van der Waals surface area contributed by atoms with Gasteiger partial charge in [0.25, 0.3) is 5.91 Å². The lowest BCUT2D eigenvalue weighted by Crippen LogP contribution is -2.44. The Hall–Kier alpha value is -3.61. The Morgan fingerprint density at radius 2 is 1.91 bits per heavy atom. The van der Waals surface area contributed by atoms with Crippen LogP contribution in [-0.4, -0.2) is 40.0 Å². The van der Waals surface area contributed by atoms with E-state index in [2.05, 4.69) is 40.6 Å². The summed E-state index contributed by atoms with van der Waals surface area (Å²) >= 11 is 0. The average molecular weight is 473 g/mol. The highest BCUT2D eigenvalue weighted by molar-refractivity contribution is 5.94. The Balaban J connectivity index is 1.33. The highest BCUT2D eigenvalue weighted by Gasteiger charge is 2.46. The van der Waals surface area contributed by atoms with Crippen molar-refractivity contribution in [1.82, 2.24) is 15.1 Å². The molecule has 0 radical (unpaired) electrons. The number of carbonyl (C=O) groups excluding carboxylic acids is 2. The van der Waals surface area contributed by atoms with Crippen molar-refractivity contribution in [3.05, 3.63) is 88.5 Å². The number of aryl methyl sites for hydroxylation is 2. The van der Waals surface area contributed by atoms with Crippen LogP contribution in [0.3, 0.4) is 0 Å². The number of hydrogen-bond donors (Lipinski definition) is 1. The molecule has 35 heavy (non-hydrogen) atoms. The monoisotopic (exact) mass is 472 g/mol. The molecule has 1 N–H and O–H groups in total. The van der Waals surface area contributed by atoms with Gasteiger partial charge in [0.2, 0.25) is 5.91 Å². The fourth-order valence-corrected chi connectivity index (χ4v) is 5.79. The predicted octanol–water partition coefficient (Wildman–Crippen LogP) is 4.92. The zero-order valence-corrected chi connectivity index (χ0v) is 20.1. The van der Waals surface area contributed by atoms with Crippen molar-refractivity contribution in [1.29, 1.82) is 0 Å². The first kappa shape index (κ1) is 23.1. The molecule has 0 bridgehead atoms. The first-order valence-corrected chi connectivity index (χ1v) is 12.1. The van der Waals surface area contributed by atoms with Crippen molar-refractivity contribution in [3.8, 4) is 0 Å². The molecular formula is C28H29FN4O2. The van der Waals surface area contributed by atoms with Gasteiger partial charge in [-0.3, -0.25) is 9.59 Å². The van der Waals surface area contributed by atoms with Gasteiger partial charge in [-0.05, 0) is 73.3 Å². The van der Waals surface area contributed by atoms with E-state index in [-0.39, 0.29) is 28.8 Å². The second-order valence-electron chi connectivity index (χ2n) is 9.88. The fraction of sp³-hybridized carbons (Fsp3) is 0.357. The number of nitrogens with one attached hydrogen (secondary N) is 1. The van der Waals surface area contributed by atoms with E-state index in [0.717, 1.165) is 24.8 Å². The van der Waals surface area contributed by atoms with Gasteiger partial charge in [-0.2, -0.15) is 10.2 Å². The number of carbonyl (C=O) groups is 2. The lowest BCUT2D eigenvalue weighted by Gasteiger charge is -2.40. The first-order chi connectivity index (χ1) is 16.9. The van der Waals surface area contributed by atoms with Crippen LogP contribution in [0.2, 0.25) is 0 Å². The Bertz CT molecular complexity index is 1250. The summed E-state index contributed by atoms with van der Waals surface area (Å²) in [6, 6.07) is 13.0. The summed E-state index contributed by atoms with van der Waals surface area (Å²) in [7, 11) is 0. The van der Waals surface area contributed by atoms with Gasteiger partial charge in [-0.15, -0.1) is 0 Å². The minimum absolute atomic E-state index is 0.0203. The van der Waals surface area contributed by atoms with E-state index in [1.807, 2.05) is 4.90 Å². The summed E-state index contributed by atoms with van der Waals surface area (Å²) in [6.45, 7) is 5.16. The Labute approximate surface area is 204 Å². The largest absolute Gasteiger partial charge is 0.339 e. The number of benzene rings is 2. The standard InChI is InChI=1S/C28H29FN4O2/c1-18-6-7-23-22(14-18)21(15-25(34)32-26-19(2)4-3-5-24(26)29)16-28(23)9-12-33(13-10-28)27(35)20-8-11-30-31-17-20/h3-8,11,14,17,21H,9-10,12-13,15-16H2,1-2H3,(H,32,34). The summed E-state index contributed by atoms with van der Waals surface area (Å²) in [4.78, 5) is 27.8. The van der Waals surface area contributed by atoms with Gasteiger partial charge < -0.3 is 10.2 Å². The van der Waals surface area contributed by atoms with E-state index in [0.29, 0.717) is 30.6 Å². The maximum Gasteiger partial charge on any atom is 0.255 e. The van der Waals surface area contributed by atoms with E-state index in [4.69, 9.17) is 0 Å². The second-order valence-corrected chi connectivity index (χ2v) is 9.88. The van der Waals surface area contributed by atoms with E-state index in [1.165, 1.54) is 29.6 Å². The zero-order valence-electron chi connectivity index (χ0n) is 20.1. The molecule has 180 valence electrons. The van der Waals surface area contributed by atoms with Crippen molar-refractivity contribution in [2.24, 2.45) is 0 Å². The molecule has 3 aromatic rings. The molecule has 2 amide bonds. The third-order valence-corrected chi connectivity index (χ3v) is 7.61. The van der Waals surface area contributed by atoms with Gasteiger partial charge >= 0.3 is 0 Å². The van der Waals surface area contributed by atoms with E-state index < -0.39 is 5.82 Å². The highest BCUT2D eigenvalue weighted by Crippen LogP contribution is 2.53. The van der Waals surface area contributed by atoms with Crippen molar-refractivity contribution < 1.29 is 14.0 Å². The second kappa shape index (κ2) is 9.21. The number of piperidine rings is 1. The summed E-state index contributed by atoms with van der Waals surface area (Å²) in [5.74, 6) is -0.555. The maximum atomic E-state index is 14.3. The number of hydrogen-bond acceptors (Lipinski definition) is 4. The normalized spacial score (nSPS) is 18.4.